The van der Waals surface area contributed by atoms with E-state index < -0.39 is 66.2 Å². The number of hydrogen-bond acceptors (Lipinski definition) is 8. The van der Waals surface area contributed by atoms with Crippen LogP contribution in [0.3, 0.4) is 0 Å². The number of carbonyl (C=O) groups is 6. The molecule has 1 fully saturated rings. The summed E-state index contributed by atoms with van der Waals surface area (Å²) in [6.45, 7) is 1.20. The van der Waals surface area contributed by atoms with Gasteiger partial charge in [-0.2, -0.15) is 0 Å². The minimum atomic E-state index is -1.40. The summed E-state index contributed by atoms with van der Waals surface area (Å²) in [5, 5.41) is 8.68. The van der Waals surface area contributed by atoms with E-state index in [1.54, 1.807) is 24.3 Å². The van der Waals surface area contributed by atoms with Crippen LogP contribution in [-0.2, 0) is 30.4 Å². The first-order valence-corrected chi connectivity index (χ1v) is 16.0. The van der Waals surface area contributed by atoms with Crippen LogP contribution in [0.2, 0.25) is 0 Å². The lowest BCUT2D eigenvalue weighted by atomic mass is 10.0. The molecule has 2 aromatic carbocycles. The third-order valence-electron chi connectivity index (χ3n) is 8.65. The monoisotopic (exact) mass is 659 g/mol. The molecule has 2 aromatic rings. The van der Waals surface area contributed by atoms with Crippen LogP contribution in [0.5, 0.6) is 0 Å². The zero-order valence-corrected chi connectivity index (χ0v) is 27.1. The van der Waals surface area contributed by atoms with Crippen LogP contribution in [0.4, 0.5) is 5.69 Å². The molecule has 15 heteroatoms. The van der Waals surface area contributed by atoms with Crippen LogP contribution in [0, 0.1) is 0 Å². The number of unbranched alkanes of at least 4 members (excludes halogenated alkanes) is 1. The molecule has 4 atom stereocenters. The highest BCUT2D eigenvalue weighted by molar-refractivity contribution is 6.09. The molecule has 4 N–H and O–H groups in total. The number of amides is 6. The van der Waals surface area contributed by atoms with Gasteiger partial charge in [-0.1, -0.05) is 47.6 Å². The summed E-state index contributed by atoms with van der Waals surface area (Å²) in [5.74, 6) is -4.25. The molecular formula is C33H41N9O6. The first-order valence-electron chi connectivity index (χ1n) is 16.0. The number of carbonyl (C=O) groups excluding carboxylic acids is 6. The Morgan fingerprint density at radius 3 is 2.40 bits per heavy atom. The molecule has 0 aromatic heterocycles. The Hall–Kier alpha value is -5.27. The SMILES string of the molecule is C[C@H]1NC(=O)[C@@H](Cc2ccccc2)N(C)C(=O)[C@@H]2CCCN2C(=O)c2ccccc2NC(=O)[C@H](CCCCN)N(C(=O)CN=[N+]=[N-])C1=O. The number of azide groups is 1. The van der Waals surface area contributed by atoms with E-state index in [9.17, 15) is 28.8 Å². The average molecular weight is 660 g/mol. The van der Waals surface area contributed by atoms with E-state index in [4.69, 9.17) is 11.3 Å². The predicted molar refractivity (Wildman–Crippen MR) is 176 cm³/mol. The van der Waals surface area contributed by atoms with E-state index in [0.29, 0.717) is 37.1 Å². The Balaban J connectivity index is 1.85. The summed E-state index contributed by atoms with van der Waals surface area (Å²) in [6.07, 6.45) is 1.88. The van der Waals surface area contributed by atoms with Crippen molar-refractivity contribution in [1.29, 1.82) is 0 Å². The van der Waals surface area contributed by atoms with Gasteiger partial charge in [0.2, 0.25) is 23.6 Å². The number of likely N-dealkylation sites (N-methyl/N-ethyl adjacent to an activating group) is 1. The van der Waals surface area contributed by atoms with Crippen LogP contribution in [0.25, 0.3) is 10.4 Å². The molecule has 0 radical (unpaired) electrons. The van der Waals surface area contributed by atoms with Crippen LogP contribution < -0.4 is 16.4 Å². The molecular weight excluding hydrogens is 618 g/mol. The highest BCUT2D eigenvalue weighted by Crippen LogP contribution is 2.27. The molecule has 1 saturated heterocycles. The summed E-state index contributed by atoms with van der Waals surface area (Å²) in [6, 6.07) is 10.7. The quantitative estimate of drug-likeness (QED) is 0.166. The van der Waals surface area contributed by atoms with Crippen molar-refractivity contribution in [2.24, 2.45) is 10.8 Å². The number of benzene rings is 2. The average Bonchev–Trinajstić information content (AvgIpc) is 3.58. The molecule has 6 amide bonds. The van der Waals surface area contributed by atoms with Gasteiger partial charge >= 0.3 is 0 Å². The second kappa shape index (κ2) is 16.5. The molecule has 2 heterocycles. The molecule has 0 aliphatic carbocycles. The summed E-state index contributed by atoms with van der Waals surface area (Å²) < 4.78 is 0. The lowest BCUT2D eigenvalue weighted by molar-refractivity contribution is -0.152. The smallest absolute Gasteiger partial charge is 0.256 e. The van der Waals surface area contributed by atoms with E-state index in [2.05, 4.69) is 20.7 Å². The fourth-order valence-corrected chi connectivity index (χ4v) is 6.11. The van der Waals surface area contributed by atoms with Crippen molar-refractivity contribution < 1.29 is 28.8 Å². The van der Waals surface area contributed by atoms with Gasteiger partial charge in [0.1, 0.15) is 30.7 Å². The Kier molecular flexibility index (Phi) is 12.2. The Morgan fingerprint density at radius 1 is 0.979 bits per heavy atom. The van der Waals surface area contributed by atoms with Gasteiger partial charge in [0.05, 0.1) is 11.3 Å². The predicted octanol–water partition coefficient (Wildman–Crippen LogP) is 1.98. The molecule has 4 rings (SSSR count). The highest BCUT2D eigenvalue weighted by atomic mass is 16.2. The number of para-hydroxylation sites is 1. The maximum Gasteiger partial charge on any atom is 0.256 e. The molecule has 15 nitrogen and oxygen atoms in total. The van der Waals surface area contributed by atoms with Gasteiger partial charge in [-0.15, -0.1) is 0 Å². The molecule has 48 heavy (non-hydrogen) atoms. The Morgan fingerprint density at radius 2 is 1.69 bits per heavy atom. The lowest BCUT2D eigenvalue weighted by Crippen LogP contribution is -2.60. The largest absolute Gasteiger partial charge is 0.343 e. The zero-order valence-electron chi connectivity index (χ0n) is 27.1. The first-order chi connectivity index (χ1) is 23.1. The minimum Gasteiger partial charge on any atom is -0.343 e. The normalized spacial score (nSPS) is 22.4. The van der Waals surface area contributed by atoms with Gasteiger partial charge in [-0.3, -0.25) is 33.7 Å². The van der Waals surface area contributed by atoms with Crippen molar-refractivity contribution in [2.75, 3.05) is 32.0 Å². The first kappa shape index (κ1) is 35.6. The lowest BCUT2D eigenvalue weighted by Gasteiger charge is -2.35. The number of nitrogens with zero attached hydrogens (tertiary/aromatic N) is 6. The van der Waals surface area contributed by atoms with Crippen molar-refractivity contribution in [1.82, 2.24) is 20.0 Å². The second-order valence-electron chi connectivity index (χ2n) is 11.9. The van der Waals surface area contributed by atoms with Gasteiger partial charge in [0.25, 0.3) is 11.8 Å². The summed E-state index contributed by atoms with van der Waals surface area (Å²) in [7, 11) is 1.49. The Labute approximate surface area is 278 Å². The van der Waals surface area contributed by atoms with Gasteiger partial charge in [0.15, 0.2) is 0 Å². The number of nitrogens with two attached hydrogens (primary N) is 1. The van der Waals surface area contributed by atoms with Crippen LogP contribution in [-0.4, -0.2) is 101 Å². The number of rotatable bonds is 8. The van der Waals surface area contributed by atoms with Crippen molar-refractivity contribution in [3.63, 3.8) is 0 Å². The molecule has 2 aliphatic heterocycles. The van der Waals surface area contributed by atoms with Crippen LogP contribution in [0.1, 0.15) is 54.9 Å². The number of anilines is 1. The van der Waals surface area contributed by atoms with E-state index in [0.717, 1.165) is 5.56 Å². The maximum atomic E-state index is 14.0. The van der Waals surface area contributed by atoms with Crippen molar-refractivity contribution in [3.05, 3.63) is 76.2 Å². The summed E-state index contributed by atoms with van der Waals surface area (Å²) in [5.41, 5.74) is 15.6. The van der Waals surface area contributed by atoms with Gasteiger partial charge in [0, 0.05) is 24.9 Å². The van der Waals surface area contributed by atoms with Crippen LogP contribution >= 0.6 is 0 Å². The van der Waals surface area contributed by atoms with Crippen molar-refractivity contribution >= 4 is 41.1 Å². The number of fused-ring (bicyclic) bond motifs is 2. The van der Waals surface area contributed by atoms with E-state index in [1.807, 2.05) is 18.2 Å². The second-order valence-corrected chi connectivity index (χ2v) is 11.9. The molecule has 0 bridgehead atoms. The van der Waals surface area contributed by atoms with Gasteiger partial charge in [-0.05, 0) is 68.8 Å². The number of imide groups is 1. The molecule has 2 aliphatic rings. The van der Waals surface area contributed by atoms with E-state index >= 15 is 0 Å². The van der Waals surface area contributed by atoms with E-state index in [-0.39, 0.29) is 30.6 Å². The topological polar surface area (TPSA) is 211 Å². The molecule has 0 spiro atoms. The van der Waals surface area contributed by atoms with Crippen LogP contribution in [0.15, 0.2) is 59.7 Å². The minimum absolute atomic E-state index is 0.00956. The maximum absolute atomic E-state index is 14.0. The summed E-state index contributed by atoms with van der Waals surface area (Å²) >= 11 is 0. The summed E-state index contributed by atoms with van der Waals surface area (Å²) in [4.78, 5) is 89.6. The van der Waals surface area contributed by atoms with Crippen molar-refractivity contribution in [3.8, 4) is 0 Å². The molecule has 254 valence electrons. The molecule has 0 unspecified atom stereocenters. The highest BCUT2D eigenvalue weighted by Gasteiger charge is 2.42. The fourth-order valence-electron chi connectivity index (χ4n) is 6.11. The number of nitrogens with one attached hydrogen (secondary N) is 2. The van der Waals surface area contributed by atoms with E-state index in [1.165, 1.54) is 35.9 Å². The molecule has 0 saturated carbocycles. The van der Waals surface area contributed by atoms with Crippen molar-refractivity contribution in [2.45, 2.75) is 69.6 Å². The van der Waals surface area contributed by atoms with Gasteiger partial charge in [-0.25, -0.2) is 0 Å². The fraction of sp³-hybridized carbons (Fsp3) is 0.455. The standard InChI is InChI=1S/C33H41N9O6/c1-21-31(46)42(28(43)20-36-39-35)25(15-8-9-17-34)29(44)38-24-14-7-6-13-23(24)32(47)41-18-10-16-26(41)33(48)40(2)27(30(45)37-21)19-22-11-4-3-5-12-22/h3-7,11-14,21,25-27H,8-10,15-20,34H2,1-2H3,(H,37,45)(H,38,44)/t21-,25+,26+,27-/m1/s1. The third-order valence-corrected chi connectivity index (χ3v) is 8.65. The van der Waals surface area contributed by atoms with Gasteiger partial charge < -0.3 is 26.2 Å². The number of hydrogen-bond donors (Lipinski definition) is 3. The third kappa shape index (κ3) is 8.17. The Bertz CT molecular complexity index is 1580. The zero-order chi connectivity index (χ0) is 34.8.